The normalized spacial score (nSPS) is 22.0. The van der Waals surface area contributed by atoms with Crippen LogP contribution < -0.4 is 4.90 Å². The van der Waals surface area contributed by atoms with Crippen molar-refractivity contribution >= 4 is 23.6 Å². The lowest BCUT2D eigenvalue weighted by atomic mass is 9.96. The molecule has 1 aromatic carbocycles. The third-order valence-corrected chi connectivity index (χ3v) is 7.37. The van der Waals surface area contributed by atoms with E-state index in [0.29, 0.717) is 6.04 Å². The largest absolute Gasteiger partial charge is 0.310 e. The molecule has 1 saturated carbocycles. The molecule has 1 unspecified atom stereocenters. The van der Waals surface area contributed by atoms with Gasteiger partial charge in [0.05, 0.1) is 6.54 Å². The molecule has 0 amide bonds. The topological polar surface area (TPSA) is 27.2 Å². The fraction of sp³-hybridized carbons (Fsp3) is 0.429. The van der Waals surface area contributed by atoms with E-state index < -0.39 is 0 Å². The van der Waals surface area contributed by atoms with Gasteiger partial charge in [-0.25, -0.2) is 0 Å². The molecular weight excluding hydrogens is 372 g/mol. The molecule has 1 aliphatic heterocycles. The molecule has 140 valence electrons. The summed E-state index contributed by atoms with van der Waals surface area (Å²) in [6.45, 7) is 5.03. The van der Waals surface area contributed by atoms with Crippen LogP contribution in [0.3, 0.4) is 0 Å². The second-order valence-corrected chi connectivity index (χ2v) is 9.01. The van der Waals surface area contributed by atoms with E-state index >= 15 is 0 Å². The number of rotatable bonds is 5. The van der Waals surface area contributed by atoms with Crippen molar-refractivity contribution in [1.29, 1.82) is 0 Å². The van der Waals surface area contributed by atoms with Gasteiger partial charge in [-0.3, -0.25) is 0 Å². The lowest BCUT2D eigenvalue weighted by Crippen LogP contribution is -3.13. The van der Waals surface area contributed by atoms with Crippen molar-refractivity contribution in [3.63, 3.8) is 0 Å². The summed E-state index contributed by atoms with van der Waals surface area (Å²) in [5.74, 6) is 1.82. The van der Waals surface area contributed by atoms with Gasteiger partial charge in [0, 0.05) is 34.9 Å². The van der Waals surface area contributed by atoms with E-state index in [1.54, 1.807) is 15.3 Å². The Balaban J connectivity index is 1.49. The molecule has 3 aromatic rings. The number of nitrogens with one attached hydrogen (secondary N) is 1. The highest BCUT2D eigenvalue weighted by Crippen LogP contribution is 2.42. The van der Waals surface area contributed by atoms with Crippen LogP contribution in [0.15, 0.2) is 41.8 Å². The van der Waals surface area contributed by atoms with Crippen LogP contribution in [0.25, 0.3) is 11.4 Å². The number of nitrogens with zero attached hydrogens (tertiary/aromatic N) is 3. The van der Waals surface area contributed by atoms with Crippen molar-refractivity contribution in [2.75, 3.05) is 6.54 Å². The molecule has 2 aliphatic rings. The van der Waals surface area contributed by atoms with Crippen LogP contribution in [0.2, 0.25) is 0 Å². The van der Waals surface area contributed by atoms with E-state index in [0.717, 1.165) is 35.3 Å². The van der Waals surface area contributed by atoms with Crippen molar-refractivity contribution in [1.82, 2.24) is 14.3 Å². The molecule has 0 saturated heterocycles. The maximum absolute atomic E-state index is 5.81. The first-order valence-corrected chi connectivity index (χ1v) is 11.2. The van der Waals surface area contributed by atoms with Crippen LogP contribution in [0.1, 0.15) is 36.2 Å². The molecule has 4 nitrogen and oxygen atoms in total. The Morgan fingerprint density at radius 1 is 1.22 bits per heavy atom. The van der Waals surface area contributed by atoms with Gasteiger partial charge in [-0.2, -0.15) is 4.68 Å². The van der Waals surface area contributed by atoms with Crippen LogP contribution in [0, 0.1) is 10.7 Å². The standard InChI is InChI=1S/C21H24N4S2/c1-2-24-20(16-6-4-3-5-7-16)22-25(21(24)26)14-23-12-10-18-17(11-13-27-18)19(23)15-8-9-15/h3-7,11,13,15,19H,2,8-10,12,14H2,1H3/p+1/t19-/m0/s1. The monoisotopic (exact) mass is 397 g/mol. The molecule has 0 radical (unpaired) electrons. The van der Waals surface area contributed by atoms with Crippen molar-refractivity contribution in [2.45, 2.75) is 45.4 Å². The van der Waals surface area contributed by atoms with Crippen molar-refractivity contribution in [3.05, 3.63) is 57.0 Å². The first kappa shape index (κ1) is 17.3. The van der Waals surface area contributed by atoms with Crippen LogP contribution in [0.4, 0.5) is 0 Å². The van der Waals surface area contributed by atoms with Gasteiger partial charge in [0.2, 0.25) is 4.77 Å². The van der Waals surface area contributed by atoms with E-state index in [-0.39, 0.29) is 0 Å². The second-order valence-electron chi connectivity index (χ2n) is 7.65. The van der Waals surface area contributed by atoms with Crippen LogP contribution in [-0.4, -0.2) is 20.9 Å². The van der Waals surface area contributed by atoms with Gasteiger partial charge >= 0.3 is 0 Å². The average molecular weight is 398 g/mol. The Morgan fingerprint density at radius 3 is 2.78 bits per heavy atom. The quantitative estimate of drug-likeness (QED) is 0.665. The summed E-state index contributed by atoms with van der Waals surface area (Å²) in [5.41, 5.74) is 2.73. The Labute approximate surface area is 169 Å². The Kier molecular flexibility index (Phi) is 4.50. The molecule has 2 aromatic heterocycles. The highest BCUT2D eigenvalue weighted by Gasteiger charge is 2.43. The highest BCUT2D eigenvalue weighted by molar-refractivity contribution is 7.71. The lowest BCUT2D eigenvalue weighted by molar-refractivity contribution is -0.958. The zero-order valence-corrected chi connectivity index (χ0v) is 17.2. The molecule has 1 aliphatic carbocycles. The fourth-order valence-corrected chi connectivity index (χ4v) is 5.75. The minimum absolute atomic E-state index is 0.619. The van der Waals surface area contributed by atoms with Crippen molar-refractivity contribution in [2.24, 2.45) is 5.92 Å². The van der Waals surface area contributed by atoms with Gasteiger partial charge < -0.3 is 9.47 Å². The lowest BCUT2D eigenvalue weighted by Gasteiger charge is -2.32. The molecule has 1 N–H and O–H groups in total. The second kappa shape index (κ2) is 7.00. The molecular formula is C21H25N4S2+. The molecule has 0 bridgehead atoms. The number of hydrogen-bond acceptors (Lipinski definition) is 3. The Bertz CT molecular complexity index is 997. The molecule has 27 heavy (non-hydrogen) atoms. The van der Waals surface area contributed by atoms with E-state index in [2.05, 4.69) is 51.9 Å². The first-order chi connectivity index (χ1) is 13.3. The molecule has 2 atom stereocenters. The third-order valence-electron chi connectivity index (χ3n) is 5.95. The van der Waals surface area contributed by atoms with Gasteiger partial charge in [-0.1, -0.05) is 30.3 Å². The SMILES string of the molecule is CCn1c(-c2ccccc2)nn(C[NH+]2CCc3sccc3[C@@H]2C2CC2)c1=S. The van der Waals surface area contributed by atoms with E-state index in [1.165, 1.54) is 25.8 Å². The Morgan fingerprint density at radius 2 is 2.04 bits per heavy atom. The summed E-state index contributed by atoms with van der Waals surface area (Å²) >= 11 is 7.75. The number of benzene rings is 1. The summed E-state index contributed by atoms with van der Waals surface area (Å²) in [5, 5.41) is 7.23. The number of fused-ring (bicyclic) bond motifs is 1. The molecule has 1 fully saturated rings. The summed E-state index contributed by atoms with van der Waals surface area (Å²) < 4.78 is 5.08. The van der Waals surface area contributed by atoms with Crippen molar-refractivity contribution < 1.29 is 4.90 Å². The van der Waals surface area contributed by atoms with E-state index in [4.69, 9.17) is 17.3 Å². The van der Waals surface area contributed by atoms with Gasteiger partial charge in [-0.15, -0.1) is 16.4 Å². The minimum Gasteiger partial charge on any atom is -0.310 e. The number of quaternary nitrogens is 1. The van der Waals surface area contributed by atoms with Gasteiger partial charge in [-0.05, 0) is 43.4 Å². The zero-order valence-electron chi connectivity index (χ0n) is 15.6. The summed E-state index contributed by atoms with van der Waals surface area (Å²) in [6, 6.07) is 13.4. The zero-order chi connectivity index (χ0) is 18.4. The fourth-order valence-electron chi connectivity index (χ4n) is 4.50. The van der Waals surface area contributed by atoms with Crippen LogP contribution >= 0.6 is 23.6 Å². The summed E-state index contributed by atoms with van der Waals surface area (Å²) in [4.78, 5) is 3.23. The van der Waals surface area contributed by atoms with Crippen LogP contribution in [-0.2, 0) is 19.6 Å². The minimum atomic E-state index is 0.619. The number of thiophene rings is 1. The molecule has 5 rings (SSSR count). The maximum Gasteiger partial charge on any atom is 0.203 e. The predicted octanol–water partition coefficient (Wildman–Crippen LogP) is 3.71. The van der Waals surface area contributed by atoms with Gasteiger partial charge in [0.15, 0.2) is 12.5 Å². The summed E-state index contributed by atoms with van der Waals surface area (Å²) in [7, 11) is 0. The van der Waals surface area contributed by atoms with E-state index in [9.17, 15) is 0 Å². The van der Waals surface area contributed by atoms with Crippen LogP contribution in [0.5, 0.6) is 0 Å². The highest BCUT2D eigenvalue weighted by atomic mass is 32.1. The number of hydrogen-bond donors (Lipinski definition) is 1. The maximum atomic E-state index is 5.81. The average Bonchev–Trinajstić information content (AvgIpc) is 3.33. The predicted molar refractivity (Wildman–Crippen MR) is 111 cm³/mol. The molecule has 3 heterocycles. The number of aromatic nitrogens is 3. The summed E-state index contributed by atoms with van der Waals surface area (Å²) in [6.07, 6.45) is 3.92. The van der Waals surface area contributed by atoms with Gasteiger partial charge in [0.25, 0.3) is 0 Å². The van der Waals surface area contributed by atoms with Gasteiger partial charge in [0.1, 0.15) is 6.04 Å². The van der Waals surface area contributed by atoms with E-state index in [1.807, 2.05) is 17.4 Å². The molecule has 6 heteroatoms. The van der Waals surface area contributed by atoms with Crippen molar-refractivity contribution in [3.8, 4) is 11.4 Å². The molecule has 0 spiro atoms. The first-order valence-electron chi connectivity index (χ1n) is 9.90. The smallest absolute Gasteiger partial charge is 0.203 e. The third kappa shape index (κ3) is 3.10. The Hall–Kier alpha value is -1.76.